The Morgan fingerprint density at radius 3 is 2.21 bits per heavy atom. The van der Waals surface area contributed by atoms with Crippen LogP contribution < -0.4 is 5.19 Å². The molecule has 0 bridgehead atoms. The van der Waals surface area contributed by atoms with Gasteiger partial charge in [-0.2, -0.15) is 0 Å². The monoisotopic (exact) mass is 393 g/mol. The minimum Gasteiger partial charge on any atom is -0.456 e. The molecule has 0 saturated carbocycles. The van der Waals surface area contributed by atoms with Crippen LogP contribution in [0.3, 0.4) is 0 Å². The van der Waals surface area contributed by atoms with E-state index in [1.807, 2.05) is 18.3 Å². The van der Waals surface area contributed by atoms with Crippen LogP contribution in [0.15, 0.2) is 89.5 Å². The lowest BCUT2D eigenvalue weighted by Crippen LogP contribution is -2.37. The lowest BCUT2D eigenvalue weighted by molar-refractivity contribution is 0.669. The van der Waals surface area contributed by atoms with Crippen molar-refractivity contribution in [2.45, 2.75) is 19.6 Å². The molecule has 0 aliphatic rings. The van der Waals surface area contributed by atoms with Gasteiger partial charge in [-0.25, -0.2) is 0 Å². The molecule has 0 amide bonds. The Bertz CT molecular complexity index is 1310. The van der Waals surface area contributed by atoms with Gasteiger partial charge in [-0.1, -0.05) is 74.2 Å². The lowest BCUT2D eigenvalue weighted by atomic mass is 9.96. The van der Waals surface area contributed by atoms with E-state index in [-0.39, 0.29) is 0 Å². The number of rotatable bonds is 3. The van der Waals surface area contributed by atoms with Crippen LogP contribution in [0.1, 0.15) is 0 Å². The summed E-state index contributed by atoms with van der Waals surface area (Å²) < 4.78 is 6.23. The third-order valence-electron chi connectivity index (χ3n) is 5.49. The number of pyridine rings is 1. The molecule has 0 aliphatic carbocycles. The van der Waals surface area contributed by atoms with Gasteiger partial charge in [-0.3, -0.25) is 4.98 Å². The van der Waals surface area contributed by atoms with Crippen molar-refractivity contribution in [1.29, 1.82) is 0 Å². The van der Waals surface area contributed by atoms with Crippen LogP contribution in [0.25, 0.3) is 44.3 Å². The quantitative estimate of drug-likeness (QED) is 0.313. The fraction of sp³-hybridized carbons (Fsp3) is 0.115. The molecule has 3 aromatic carbocycles. The Morgan fingerprint density at radius 2 is 1.48 bits per heavy atom. The summed E-state index contributed by atoms with van der Waals surface area (Å²) in [6.45, 7) is 7.03. The molecule has 0 unspecified atom stereocenters. The maximum absolute atomic E-state index is 6.23. The standard InChI is InChI=1S/C26H23NOSi/c1-29(2,3)20-13-14-23(27-17-20)19-15-22(18-9-5-4-6-10-18)26-21-11-7-8-12-24(21)28-25(26)16-19/h4-17H,1-3H3. The van der Waals surface area contributed by atoms with Crippen LogP contribution in [0.4, 0.5) is 0 Å². The molecule has 29 heavy (non-hydrogen) atoms. The topological polar surface area (TPSA) is 26.0 Å². The summed E-state index contributed by atoms with van der Waals surface area (Å²) in [5.74, 6) is 0. The van der Waals surface area contributed by atoms with E-state index in [0.29, 0.717) is 0 Å². The Morgan fingerprint density at radius 1 is 0.724 bits per heavy atom. The van der Waals surface area contributed by atoms with Crippen LogP contribution in [-0.4, -0.2) is 13.1 Å². The van der Waals surface area contributed by atoms with Crippen molar-refractivity contribution >= 4 is 35.2 Å². The molecule has 0 atom stereocenters. The predicted octanol–water partition coefficient (Wildman–Crippen LogP) is 6.86. The van der Waals surface area contributed by atoms with Gasteiger partial charge in [-0.15, -0.1) is 0 Å². The van der Waals surface area contributed by atoms with E-state index in [1.54, 1.807) is 0 Å². The predicted molar refractivity (Wildman–Crippen MR) is 125 cm³/mol. The first kappa shape index (κ1) is 17.9. The molecule has 142 valence electrons. The highest BCUT2D eigenvalue weighted by Gasteiger charge is 2.18. The highest BCUT2D eigenvalue weighted by molar-refractivity contribution is 6.88. The third kappa shape index (κ3) is 3.18. The smallest absolute Gasteiger partial charge is 0.136 e. The van der Waals surface area contributed by atoms with Gasteiger partial charge in [0.2, 0.25) is 0 Å². The molecule has 2 heterocycles. The number of fused-ring (bicyclic) bond motifs is 3. The van der Waals surface area contributed by atoms with E-state index in [9.17, 15) is 0 Å². The number of hydrogen-bond donors (Lipinski definition) is 0. The zero-order valence-corrected chi connectivity index (χ0v) is 17.9. The Labute approximate surface area is 171 Å². The van der Waals surface area contributed by atoms with Crippen molar-refractivity contribution in [2.24, 2.45) is 0 Å². The van der Waals surface area contributed by atoms with Crippen molar-refractivity contribution in [1.82, 2.24) is 4.98 Å². The van der Waals surface area contributed by atoms with E-state index < -0.39 is 8.07 Å². The van der Waals surface area contributed by atoms with Gasteiger partial charge < -0.3 is 4.42 Å². The molecule has 2 nitrogen and oxygen atoms in total. The molecule has 5 rings (SSSR count). The number of hydrogen-bond acceptors (Lipinski definition) is 2. The molecule has 0 fully saturated rings. The SMILES string of the molecule is C[Si](C)(C)c1ccc(-c2cc(-c3ccccc3)c3c(c2)oc2ccccc23)nc1. The molecule has 0 saturated heterocycles. The molecule has 0 N–H and O–H groups in total. The first-order valence-electron chi connectivity index (χ1n) is 9.98. The summed E-state index contributed by atoms with van der Waals surface area (Å²) >= 11 is 0. The van der Waals surface area contributed by atoms with Gasteiger partial charge in [0.05, 0.1) is 13.8 Å². The van der Waals surface area contributed by atoms with Crippen molar-refractivity contribution in [3.63, 3.8) is 0 Å². The van der Waals surface area contributed by atoms with Gasteiger partial charge in [0.15, 0.2) is 0 Å². The summed E-state index contributed by atoms with van der Waals surface area (Å²) in [4.78, 5) is 4.80. The second-order valence-electron chi connectivity index (χ2n) is 8.54. The summed E-state index contributed by atoms with van der Waals surface area (Å²) in [5.41, 5.74) is 6.24. The van der Waals surface area contributed by atoms with Gasteiger partial charge in [0.1, 0.15) is 11.2 Å². The molecular weight excluding hydrogens is 370 g/mol. The first-order chi connectivity index (χ1) is 14.0. The minimum absolute atomic E-state index is 0.902. The van der Waals surface area contributed by atoms with Gasteiger partial charge in [0, 0.05) is 22.5 Å². The summed E-state index contributed by atoms with van der Waals surface area (Å²) in [6.07, 6.45) is 2.05. The average Bonchev–Trinajstić information content (AvgIpc) is 3.12. The van der Waals surface area contributed by atoms with E-state index >= 15 is 0 Å². The molecule has 3 heteroatoms. The molecule has 2 aromatic heterocycles. The number of furan rings is 1. The minimum atomic E-state index is -1.37. The van der Waals surface area contributed by atoms with Crippen LogP contribution in [0.2, 0.25) is 19.6 Å². The Kier molecular flexibility index (Phi) is 4.14. The molecular formula is C26H23NOSi. The maximum atomic E-state index is 6.23. The number of aromatic nitrogens is 1. The van der Waals surface area contributed by atoms with Gasteiger partial charge in [-0.05, 0) is 40.6 Å². The van der Waals surface area contributed by atoms with Crippen LogP contribution in [-0.2, 0) is 0 Å². The van der Waals surface area contributed by atoms with Gasteiger partial charge >= 0.3 is 0 Å². The number of para-hydroxylation sites is 1. The van der Waals surface area contributed by atoms with E-state index in [1.165, 1.54) is 16.3 Å². The van der Waals surface area contributed by atoms with E-state index in [0.717, 1.165) is 33.2 Å². The van der Waals surface area contributed by atoms with Crippen LogP contribution in [0.5, 0.6) is 0 Å². The third-order valence-corrected chi connectivity index (χ3v) is 7.52. The summed E-state index contributed by atoms with van der Waals surface area (Å²) in [7, 11) is -1.37. The average molecular weight is 394 g/mol. The summed E-state index contributed by atoms with van der Waals surface area (Å²) in [6, 6.07) is 27.5. The fourth-order valence-electron chi connectivity index (χ4n) is 3.86. The fourth-order valence-corrected chi connectivity index (χ4v) is 4.89. The zero-order valence-electron chi connectivity index (χ0n) is 16.9. The van der Waals surface area contributed by atoms with E-state index in [4.69, 9.17) is 9.40 Å². The summed E-state index contributed by atoms with van der Waals surface area (Å²) in [5, 5.41) is 3.68. The van der Waals surface area contributed by atoms with E-state index in [2.05, 4.69) is 86.4 Å². The van der Waals surface area contributed by atoms with Crippen molar-refractivity contribution in [2.75, 3.05) is 0 Å². The zero-order chi connectivity index (χ0) is 20.0. The second kappa shape index (κ2) is 6.71. The van der Waals surface area contributed by atoms with Crippen molar-refractivity contribution < 1.29 is 4.42 Å². The van der Waals surface area contributed by atoms with Crippen molar-refractivity contribution in [3.05, 3.63) is 85.1 Å². The number of benzene rings is 3. The highest BCUT2D eigenvalue weighted by Crippen LogP contribution is 2.39. The molecule has 5 aromatic rings. The normalized spacial score (nSPS) is 12.0. The second-order valence-corrected chi connectivity index (χ2v) is 13.6. The molecule has 0 spiro atoms. The van der Waals surface area contributed by atoms with Crippen LogP contribution >= 0.6 is 0 Å². The molecule has 0 aliphatic heterocycles. The van der Waals surface area contributed by atoms with Crippen molar-refractivity contribution in [3.8, 4) is 22.4 Å². The lowest BCUT2D eigenvalue weighted by Gasteiger charge is -2.16. The first-order valence-corrected chi connectivity index (χ1v) is 13.5. The number of nitrogens with zero attached hydrogens (tertiary/aromatic N) is 1. The maximum Gasteiger partial charge on any atom is 0.136 e. The van der Waals surface area contributed by atoms with Gasteiger partial charge in [0.25, 0.3) is 0 Å². The van der Waals surface area contributed by atoms with Crippen LogP contribution in [0, 0.1) is 0 Å². The largest absolute Gasteiger partial charge is 0.456 e. The Balaban J connectivity index is 1.77. The molecule has 0 radical (unpaired) electrons. The Hall–Kier alpha value is -3.17. The highest BCUT2D eigenvalue weighted by atomic mass is 28.3.